The van der Waals surface area contributed by atoms with Crippen molar-refractivity contribution in [2.45, 2.75) is 20.3 Å². The molecule has 0 heterocycles. The Labute approximate surface area is 114 Å². The van der Waals surface area contributed by atoms with Crippen molar-refractivity contribution in [3.05, 3.63) is 28.7 Å². The average molecular weight is 315 g/mol. The van der Waals surface area contributed by atoms with Gasteiger partial charge in [-0.05, 0) is 31.5 Å². The van der Waals surface area contributed by atoms with Crippen LogP contribution in [0.1, 0.15) is 20.3 Å². The maximum Gasteiger partial charge on any atom is 0.325 e. The van der Waals surface area contributed by atoms with Crippen LogP contribution in [-0.2, 0) is 14.3 Å². The van der Waals surface area contributed by atoms with Gasteiger partial charge in [0.2, 0.25) is 0 Å². The van der Waals surface area contributed by atoms with Gasteiger partial charge in [-0.2, -0.15) is 0 Å². The zero-order valence-corrected chi connectivity index (χ0v) is 11.9. The molecule has 0 aliphatic heterocycles. The molecule has 0 saturated heterocycles. The predicted octanol–water partition coefficient (Wildman–Crippen LogP) is 2.94. The Bertz CT molecular complexity index is 431. The van der Waals surface area contributed by atoms with Crippen LogP contribution in [0.2, 0.25) is 0 Å². The molecule has 1 aromatic carbocycles. The monoisotopic (exact) mass is 314 g/mol. The largest absolute Gasteiger partial charge is 0.465 e. The molecule has 1 atom stereocenters. The lowest BCUT2D eigenvalue weighted by Gasteiger charge is -2.12. The molecule has 0 bridgehead atoms. The molecule has 4 nitrogen and oxygen atoms in total. The first-order valence-corrected chi connectivity index (χ1v) is 6.51. The van der Waals surface area contributed by atoms with Crippen LogP contribution in [0.15, 0.2) is 28.7 Å². The minimum absolute atomic E-state index is 0.250. The Morgan fingerprint density at radius 1 is 1.28 bits per heavy atom. The van der Waals surface area contributed by atoms with Gasteiger partial charge in [-0.25, -0.2) is 0 Å². The van der Waals surface area contributed by atoms with E-state index in [2.05, 4.69) is 15.9 Å². The highest BCUT2D eigenvalue weighted by Gasteiger charge is 2.28. The van der Waals surface area contributed by atoms with Crippen LogP contribution in [-0.4, -0.2) is 18.5 Å². The Hall–Kier alpha value is -1.36. The summed E-state index contributed by atoms with van der Waals surface area (Å²) < 4.78 is 10.8. The van der Waals surface area contributed by atoms with Crippen molar-refractivity contribution in [1.29, 1.82) is 0 Å². The van der Waals surface area contributed by atoms with Crippen LogP contribution in [0.5, 0.6) is 5.75 Å². The predicted molar refractivity (Wildman–Crippen MR) is 70.2 cm³/mol. The van der Waals surface area contributed by atoms with E-state index in [1.54, 1.807) is 32.0 Å². The summed E-state index contributed by atoms with van der Waals surface area (Å²) in [5.41, 5.74) is 0. The highest BCUT2D eigenvalue weighted by atomic mass is 79.9. The van der Waals surface area contributed by atoms with Gasteiger partial charge in [0.1, 0.15) is 5.75 Å². The summed E-state index contributed by atoms with van der Waals surface area (Å²) in [6.07, 6.45) is 0.353. The first kappa shape index (κ1) is 14.7. The van der Waals surface area contributed by atoms with E-state index in [0.29, 0.717) is 12.2 Å². The van der Waals surface area contributed by atoms with Gasteiger partial charge in [0.05, 0.1) is 6.61 Å². The molecule has 0 saturated carbocycles. The molecule has 0 aromatic heterocycles. The number of benzene rings is 1. The lowest BCUT2D eigenvalue weighted by atomic mass is 10.1. The fourth-order valence-electron chi connectivity index (χ4n) is 1.39. The van der Waals surface area contributed by atoms with Crippen LogP contribution in [0.25, 0.3) is 0 Å². The van der Waals surface area contributed by atoms with Crippen molar-refractivity contribution >= 4 is 27.9 Å². The highest BCUT2D eigenvalue weighted by molar-refractivity contribution is 9.10. The van der Waals surface area contributed by atoms with Crippen LogP contribution in [0, 0.1) is 5.92 Å². The first-order chi connectivity index (χ1) is 8.58. The second kappa shape index (κ2) is 7.16. The molecule has 0 N–H and O–H groups in total. The van der Waals surface area contributed by atoms with Gasteiger partial charge in [-0.15, -0.1) is 0 Å². The maximum atomic E-state index is 11.8. The van der Waals surface area contributed by atoms with E-state index in [0.717, 1.165) is 4.47 Å². The summed E-state index contributed by atoms with van der Waals surface area (Å²) in [5.74, 6) is -1.60. The summed E-state index contributed by atoms with van der Waals surface area (Å²) in [4.78, 5) is 23.4. The van der Waals surface area contributed by atoms with Gasteiger partial charge in [0.25, 0.3) is 0 Å². The average Bonchev–Trinajstić information content (AvgIpc) is 2.30. The van der Waals surface area contributed by atoms with E-state index in [1.807, 2.05) is 6.07 Å². The van der Waals surface area contributed by atoms with Gasteiger partial charge < -0.3 is 9.47 Å². The molecule has 98 valence electrons. The van der Waals surface area contributed by atoms with Crippen molar-refractivity contribution in [1.82, 2.24) is 0 Å². The molecule has 18 heavy (non-hydrogen) atoms. The van der Waals surface area contributed by atoms with E-state index < -0.39 is 17.9 Å². The third kappa shape index (κ3) is 4.14. The van der Waals surface area contributed by atoms with Crippen LogP contribution in [0.4, 0.5) is 0 Å². The van der Waals surface area contributed by atoms with Gasteiger partial charge in [-0.3, -0.25) is 9.59 Å². The third-order valence-electron chi connectivity index (χ3n) is 2.28. The number of hydrogen-bond acceptors (Lipinski definition) is 4. The minimum atomic E-state index is -0.871. The van der Waals surface area contributed by atoms with Crippen LogP contribution >= 0.6 is 15.9 Å². The van der Waals surface area contributed by atoms with Gasteiger partial charge in [-0.1, -0.05) is 28.9 Å². The van der Waals surface area contributed by atoms with E-state index in [4.69, 9.17) is 9.47 Å². The lowest BCUT2D eigenvalue weighted by molar-refractivity contribution is -0.157. The lowest BCUT2D eigenvalue weighted by Crippen LogP contribution is -2.29. The molecule has 1 rings (SSSR count). The molecule has 0 amide bonds. The zero-order valence-electron chi connectivity index (χ0n) is 10.3. The molecule has 1 aromatic rings. The van der Waals surface area contributed by atoms with Gasteiger partial charge in [0, 0.05) is 4.47 Å². The fourth-order valence-corrected chi connectivity index (χ4v) is 1.77. The maximum absolute atomic E-state index is 11.8. The summed E-state index contributed by atoms with van der Waals surface area (Å²) in [7, 11) is 0. The van der Waals surface area contributed by atoms with E-state index in [1.165, 1.54) is 0 Å². The second-order valence-electron chi connectivity index (χ2n) is 3.59. The Kier molecular flexibility index (Phi) is 5.85. The molecule has 0 fully saturated rings. The van der Waals surface area contributed by atoms with Crippen molar-refractivity contribution in [2.24, 2.45) is 5.92 Å². The molecule has 0 aliphatic rings. The number of rotatable bonds is 5. The molecule has 0 aliphatic carbocycles. The van der Waals surface area contributed by atoms with Crippen LogP contribution < -0.4 is 4.74 Å². The van der Waals surface area contributed by atoms with Crippen molar-refractivity contribution in [2.75, 3.05) is 6.61 Å². The third-order valence-corrected chi connectivity index (χ3v) is 2.77. The zero-order chi connectivity index (χ0) is 13.5. The number of halogens is 1. The molecular weight excluding hydrogens is 300 g/mol. The Morgan fingerprint density at radius 2 is 2.00 bits per heavy atom. The number of carbonyl (C=O) groups is 2. The molecule has 1 unspecified atom stereocenters. The number of carbonyl (C=O) groups excluding carboxylic acids is 2. The molecule has 0 spiro atoms. The topological polar surface area (TPSA) is 52.6 Å². The van der Waals surface area contributed by atoms with Crippen molar-refractivity contribution < 1.29 is 19.1 Å². The highest BCUT2D eigenvalue weighted by Crippen LogP contribution is 2.19. The second-order valence-corrected chi connectivity index (χ2v) is 4.51. The Balaban J connectivity index is 2.71. The number of ether oxygens (including phenoxy) is 2. The number of hydrogen-bond donors (Lipinski definition) is 0. The van der Waals surface area contributed by atoms with E-state index >= 15 is 0 Å². The van der Waals surface area contributed by atoms with Crippen LogP contribution in [0.3, 0.4) is 0 Å². The Morgan fingerprint density at radius 3 is 2.56 bits per heavy atom. The van der Waals surface area contributed by atoms with E-state index in [-0.39, 0.29) is 6.61 Å². The summed E-state index contributed by atoms with van der Waals surface area (Å²) in [5, 5.41) is 0. The van der Waals surface area contributed by atoms with Gasteiger partial charge >= 0.3 is 11.9 Å². The molecular formula is C13H15BrO4. The van der Waals surface area contributed by atoms with Crippen molar-refractivity contribution in [3.8, 4) is 5.75 Å². The summed E-state index contributed by atoms with van der Waals surface area (Å²) in [6.45, 7) is 3.69. The van der Waals surface area contributed by atoms with Crippen molar-refractivity contribution in [3.63, 3.8) is 0 Å². The van der Waals surface area contributed by atoms with Gasteiger partial charge in [0.15, 0.2) is 5.92 Å². The SMILES string of the molecule is CCOC(=O)C(CC)C(=O)Oc1cccc(Br)c1. The summed E-state index contributed by atoms with van der Waals surface area (Å²) in [6, 6.07) is 6.88. The summed E-state index contributed by atoms with van der Waals surface area (Å²) >= 11 is 3.28. The smallest absolute Gasteiger partial charge is 0.325 e. The fraction of sp³-hybridized carbons (Fsp3) is 0.385. The molecule has 5 heteroatoms. The molecule has 0 radical (unpaired) electrons. The first-order valence-electron chi connectivity index (χ1n) is 5.72. The normalized spacial score (nSPS) is 11.7. The quantitative estimate of drug-likeness (QED) is 0.476. The van der Waals surface area contributed by atoms with E-state index in [9.17, 15) is 9.59 Å². The number of esters is 2. The standard InChI is InChI=1S/C13H15BrO4/c1-3-11(12(15)17-4-2)13(16)18-10-7-5-6-9(14)8-10/h5-8,11H,3-4H2,1-2H3. The minimum Gasteiger partial charge on any atom is -0.465 e.